The second-order valence-electron chi connectivity index (χ2n) is 5.62. The maximum atomic E-state index is 11.6. The molecule has 22 heavy (non-hydrogen) atoms. The van der Waals surface area contributed by atoms with Crippen molar-refractivity contribution in [2.45, 2.75) is 18.8 Å². The number of sulfonamides is 1. The molecular formula is C14H19N3O4S. The van der Waals surface area contributed by atoms with Gasteiger partial charge in [-0.1, -0.05) is 6.07 Å². The van der Waals surface area contributed by atoms with E-state index in [0.717, 1.165) is 18.5 Å². The summed E-state index contributed by atoms with van der Waals surface area (Å²) in [5, 5.41) is 0. The minimum atomic E-state index is -3.12. The maximum Gasteiger partial charge on any atom is 0.415 e. The van der Waals surface area contributed by atoms with Crippen molar-refractivity contribution in [3.63, 3.8) is 0 Å². The lowest BCUT2D eigenvalue weighted by atomic mass is 9.94. The fourth-order valence-electron chi connectivity index (χ4n) is 2.90. The van der Waals surface area contributed by atoms with Crippen molar-refractivity contribution >= 4 is 21.9 Å². The van der Waals surface area contributed by atoms with Crippen LogP contribution in [0.25, 0.3) is 0 Å². The van der Waals surface area contributed by atoms with Crippen LogP contribution in [0.1, 0.15) is 24.5 Å². The number of pyridine rings is 1. The Kier molecular flexibility index (Phi) is 4.05. The van der Waals surface area contributed by atoms with Gasteiger partial charge in [0, 0.05) is 24.7 Å². The number of anilines is 1. The van der Waals surface area contributed by atoms with Crippen molar-refractivity contribution in [2.75, 3.05) is 37.4 Å². The van der Waals surface area contributed by atoms with Crippen LogP contribution in [0.4, 0.5) is 10.6 Å². The zero-order valence-electron chi connectivity index (χ0n) is 12.4. The first kappa shape index (κ1) is 15.2. The summed E-state index contributed by atoms with van der Waals surface area (Å²) in [4.78, 5) is 17.7. The molecular weight excluding hydrogens is 306 g/mol. The van der Waals surface area contributed by atoms with E-state index in [1.54, 1.807) is 6.07 Å². The van der Waals surface area contributed by atoms with E-state index >= 15 is 0 Å². The molecule has 3 heterocycles. The summed E-state index contributed by atoms with van der Waals surface area (Å²) in [6, 6.07) is 5.61. The Balaban J connectivity index is 1.72. The zero-order valence-corrected chi connectivity index (χ0v) is 13.3. The third kappa shape index (κ3) is 3.07. The lowest BCUT2D eigenvalue weighted by Gasteiger charge is -2.30. The zero-order chi connectivity index (χ0) is 15.7. The summed E-state index contributed by atoms with van der Waals surface area (Å²) < 4.78 is 29.5. The van der Waals surface area contributed by atoms with Gasteiger partial charge in [0.1, 0.15) is 12.4 Å². The number of carbonyl (C=O) groups is 1. The summed E-state index contributed by atoms with van der Waals surface area (Å²) in [7, 11) is -3.12. The third-order valence-electron chi connectivity index (χ3n) is 4.13. The molecule has 0 spiro atoms. The highest BCUT2D eigenvalue weighted by atomic mass is 32.2. The lowest BCUT2D eigenvalue weighted by Crippen LogP contribution is -2.37. The predicted molar refractivity (Wildman–Crippen MR) is 81.3 cm³/mol. The summed E-state index contributed by atoms with van der Waals surface area (Å²) >= 11 is 0. The number of piperidine rings is 1. The van der Waals surface area contributed by atoms with Crippen LogP contribution >= 0.6 is 0 Å². The van der Waals surface area contributed by atoms with E-state index in [2.05, 4.69) is 4.98 Å². The van der Waals surface area contributed by atoms with E-state index in [9.17, 15) is 13.2 Å². The van der Waals surface area contributed by atoms with Crippen LogP contribution in [-0.4, -0.2) is 56.3 Å². The molecule has 8 heteroatoms. The molecule has 1 aromatic heterocycles. The van der Waals surface area contributed by atoms with Crippen molar-refractivity contribution in [3.8, 4) is 0 Å². The average molecular weight is 325 g/mol. The number of amides is 1. The van der Waals surface area contributed by atoms with E-state index < -0.39 is 10.0 Å². The summed E-state index contributed by atoms with van der Waals surface area (Å²) in [6.45, 7) is 1.93. The summed E-state index contributed by atoms with van der Waals surface area (Å²) in [6.07, 6.45) is 2.36. The standard InChI is InChI=1S/C14H19N3O4S/c1-22(19,20)16-7-5-11(6-8-16)12-3-2-4-13(15-12)17-9-10-21-14(17)18/h2-4,11H,5-10H2,1H3. The van der Waals surface area contributed by atoms with Gasteiger partial charge < -0.3 is 4.74 Å². The highest BCUT2D eigenvalue weighted by molar-refractivity contribution is 7.88. The molecule has 0 saturated carbocycles. The molecule has 0 atom stereocenters. The first-order chi connectivity index (χ1) is 10.4. The Hall–Kier alpha value is -1.67. The lowest BCUT2D eigenvalue weighted by molar-refractivity contribution is 0.181. The predicted octanol–water partition coefficient (Wildman–Crippen LogP) is 1.18. The third-order valence-corrected chi connectivity index (χ3v) is 5.44. The van der Waals surface area contributed by atoms with Crippen molar-refractivity contribution in [1.82, 2.24) is 9.29 Å². The largest absolute Gasteiger partial charge is 0.447 e. The second-order valence-corrected chi connectivity index (χ2v) is 7.61. The number of nitrogens with zero attached hydrogens (tertiary/aromatic N) is 3. The number of rotatable bonds is 3. The molecule has 0 aliphatic carbocycles. The van der Waals surface area contributed by atoms with Gasteiger partial charge in [-0.15, -0.1) is 0 Å². The first-order valence-electron chi connectivity index (χ1n) is 7.31. The first-order valence-corrected chi connectivity index (χ1v) is 9.16. The van der Waals surface area contributed by atoms with Gasteiger partial charge in [0.25, 0.3) is 0 Å². The number of ether oxygens (including phenoxy) is 1. The minimum Gasteiger partial charge on any atom is -0.447 e. The molecule has 0 bridgehead atoms. The van der Waals surface area contributed by atoms with Gasteiger partial charge in [0.15, 0.2) is 0 Å². The number of aromatic nitrogens is 1. The Morgan fingerprint density at radius 2 is 1.95 bits per heavy atom. The molecule has 3 rings (SSSR count). The molecule has 1 amide bonds. The number of cyclic esters (lactones) is 1. The summed E-state index contributed by atoms with van der Waals surface area (Å²) in [5.74, 6) is 0.821. The van der Waals surface area contributed by atoms with E-state index in [1.807, 2.05) is 12.1 Å². The van der Waals surface area contributed by atoms with Crippen LogP contribution in [0.3, 0.4) is 0 Å². The molecule has 7 nitrogen and oxygen atoms in total. The van der Waals surface area contributed by atoms with Crippen molar-refractivity contribution < 1.29 is 17.9 Å². The van der Waals surface area contributed by atoms with E-state index in [1.165, 1.54) is 15.5 Å². The van der Waals surface area contributed by atoms with Gasteiger partial charge in [0.2, 0.25) is 10.0 Å². The molecule has 0 unspecified atom stereocenters. The van der Waals surface area contributed by atoms with Crippen molar-refractivity contribution in [1.29, 1.82) is 0 Å². The normalized spacial score (nSPS) is 21.1. The quantitative estimate of drug-likeness (QED) is 0.833. The minimum absolute atomic E-state index is 0.219. The molecule has 0 N–H and O–H groups in total. The SMILES string of the molecule is CS(=O)(=O)N1CCC(c2cccc(N3CCOC3=O)n2)CC1. The Labute approximate surface area is 129 Å². The highest BCUT2D eigenvalue weighted by Crippen LogP contribution is 2.29. The molecule has 0 radical (unpaired) electrons. The second kappa shape index (κ2) is 5.85. The number of hydrogen-bond acceptors (Lipinski definition) is 5. The van der Waals surface area contributed by atoms with Crippen LogP contribution in [-0.2, 0) is 14.8 Å². The van der Waals surface area contributed by atoms with E-state index in [0.29, 0.717) is 32.1 Å². The van der Waals surface area contributed by atoms with Gasteiger partial charge in [-0.25, -0.2) is 22.5 Å². The van der Waals surface area contributed by atoms with Gasteiger partial charge in [-0.2, -0.15) is 0 Å². The van der Waals surface area contributed by atoms with Crippen molar-refractivity contribution in [2.24, 2.45) is 0 Å². The molecule has 1 aromatic rings. The molecule has 2 aliphatic heterocycles. The number of carbonyl (C=O) groups excluding carboxylic acids is 1. The summed E-state index contributed by atoms with van der Waals surface area (Å²) in [5.41, 5.74) is 0.908. The average Bonchev–Trinajstić information content (AvgIpc) is 2.93. The van der Waals surface area contributed by atoms with Crippen LogP contribution in [0.5, 0.6) is 0 Å². The van der Waals surface area contributed by atoms with Crippen LogP contribution in [0, 0.1) is 0 Å². The van der Waals surface area contributed by atoms with Gasteiger partial charge in [0.05, 0.1) is 12.8 Å². The van der Waals surface area contributed by atoms with E-state index in [4.69, 9.17) is 4.74 Å². The molecule has 2 fully saturated rings. The highest BCUT2D eigenvalue weighted by Gasteiger charge is 2.28. The van der Waals surface area contributed by atoms with E-state index in [-0.39, 0.29) is 12.0 Å². The Morgan fingerprint density at radius 3 is 2.55 bits per heavy atom. The molecule has 2 saturated heterocycles. The Bertz CT molecular complexity index is 668. The number of hydrogen-bond donors (Lipinski definition) is 0. The van der Waals surface area contributed by atoms with Crippen LogP contribution in [0.2, 0.25) is 0 Å². The smallest absolute Gasteiger partial charge is 0.415 e. The monoisotopic (exact) mass is 325 g/mol. The van der Waals surface area contributed by atoms with Gasteiger partial charge >= 0.3 is 6.09 Å². The molecule has 0 aromatic carbocycles. The fourth-order valence-corrected chi connectivity index (χ4v) is 3.78. The van der Waals surface area contributed by atoms with Crippen LogP contribution < -0.4 is 4.90 Å². The van der Waals surface area contributed by atoms with Crippen LogP contribution in [0.15, 0.2) is 18.2 Å². The van der Waals surface area contributed by atoms with Gasteiger partial charge in [-0.05, 0) is 25.0 Å². The molecule has 120 valence electrons. The van der Waals surface area contributed by atoms with Crippen molar-refractivity contribution in [3.05, 3.63) is 23.9 Å². The Morgan fingerprint density at radius 1 is 1.23 bits per heavy atom. The molecule has 2 aliphatic rings. The van der Waals surface area contributed by atoms with Gasteiger partial charge in [-0.3, -0.25) is 4.90 Å². The maximum absolute atomic E-state index is 11.6. The topological polar surface area (TPSA) is 79.8 Å². The fraction of sp³-hybridized carbons (Fsp3) is 0.571.